The predicted molar refractivity (Wildman–Crippen MR) is 71.7 cm³/mol. The zero-order chi connectivity index (χ0) is 12.7. The monoisotopic (exact) mass is 230 g/mol. The lowest BCUT2D eigenvalue weighted by molar-refractivity contribution is 0.335. The van der Waals surface area contributed by atoms with Gasteiger partial charge in [0.05, 0.1) is 6.07 Å². The molecule has 92 valence electrons. The van der Waals surface area contributed by atoms with Crippen LogP contribution in [0.5, 0.6) is 0 Å². The van der Waals surface area contributed by atoms with Crippen LogP contribution in [0.15, 0.2) is 24.3 Å². The molecule has 0 aliphatic rings. The Hall–Kier alpha value is -1.33. The summed E-state index contributed by atoms with van der Waals surface area (Å²) in [5.41, 5.74) is 2.73. The zero-order valence-corrected chi connectivity index (χ0v) is 11.1. The minimum absolute atomic E-state index is 0.599. The zero-order valence-electron chi connectivity index (χ0n) is 11.1. The van der Waals surface area contributed by atoms with E-state index in [4.69, 9.17) is 5.26 Å². The molecular formula is C15H22N2. The molecule has 1 rings (SSSR count). The molecule has 0 aromatic heterocycles. The van der Waals surface area contributed by atoms with E-state index in [1.54, 1.807) is 0 Å². The molecule has 0 aliphatic carbocycles. The normalized spacial score (nSPS) is 12.4. The van der Waals surface area contributed by atoms with E-state index in [2.05, 4.69) is 56.1 Å². The van der Waals surface area contributed by atoms with Gasteiger partial charge in [-0.3, -0.25) is 0 Å². The smallest absolute Gasteiger partial charge is 0.0635 e. The molecule has 2 heteroatoms. The fourth-order valence-electron chi connectivity index (χ4n) is 1.82. The van der Waals surface area contributed by atoms with Gasteiger partial charge in [-0.05, 0) is 30.5 Å². The maximum Gasteiger partial charge on any atom is 0.0635 e. The summed E-state index contributed by atoms with van der Waals surface area (Å²) < 4.78 is 0. The first kappa shape index (κ1) is 13.7. The van der Waals surface area contributed by atoms with E-state index in [0.29, 0.717) is 12.3 Å². The number of hydrogen-bond donors (Lipinski definition) is 0. The average Bonchev–Trinajstić information content (AvgIpc) is 2.36. The molecule has 1 aromatic rings. The van der Waals surface area contributed by atoms with Crippen molar-refractivity contribution in [3.8, 4) is 6.07 Å². The van der Waals surface area contributed by atoms with Gasteiger partial charge in [-0.15, -0.1) is 0 Å². The SMILES string of the molecule is CCC(C)c1ccc(CN(C)CCC#N)cc1. The first-order valence-corrected chi connectivity index (χ1v) is 6.31. The average molecular weight is 230 g/mol. The second-order valence-corrected chi connectivity index (χ2v) is 4.70. The highest BCUT2D eigenvalue weighted by atomic mass is 15.1. The van der Waals surface area contributed by atoms with Crippen LogP contribution in [0.3, 0.4) is 0 Å². The van der Waals surface area contributed by atoms with E-state index in [1.807, 2.05) is 0 Å². The Bertz CT molecular complexity index is 362. The second-order valence-electron chi connectivity index (χ2n) is 4.70. The van der Waals surface area contributed by atoms with Crippen molar-refractivity contribution in [3.05, 3.63) is 35.4 Å². The Morgan fingerprint density at radius 1 is 1.29 bits per heavy atom. The fraction of sp³-hybridized carbons (Fsp3) is 0.533. The van der Waals surface area contributed by atoms with Crippen molar-refractivity contribution in [2.45, 2.75) is 39.2 Å². The van der Waals surface area contributed by atoms with Crippen molar-refractivity contribution in [2.24, 2.45) is 0 Å². The molecule has 0 fully saturated rings. The number of nitriles is 1. The molecule has 0 N–H and O–H groups in total. The number of nitrogens with zero attached hydrogens (tertiary/aromatic N) is 2. The lowest BCUT2D eigenvalue weighted by Gasteiger charge is -2.15. The molecule has 0 radical (unpaired) electrons. The molecule has 2 nitrogen and oxygen atoms in total. The van der Waals surface area contributed by atoms with Crippen LogP contribution in [0.4, 0.5) is 0 Å². The van der Waals surface area contributed by atoms with E-state index < -0.39 is 0 Å². The van der Waals surface area contributed by atoms with Crippen LogP contribution >= 0.6 is 0 Å². The maximum atomic E-state index is 8.53. The number of rotatable bonds is 6. The quantitative estimate of drug-likeness (QED) is 0.747. The van der Waals surface area contributed by atoms with E-state index in [-0.39, 0.29) is 0 Å². The standard InChI is InChI=1S/C15H22N2/c1-4-13(2)15-8-6-14(7-9-15)12-17(3)11-5-10-16/h6-9,13H,4-5,11-12H2,1-3H3. The van der Waals surface area contributed by atoms with Crippen molar-refractivity contribution < 1.29 is 0 Å². The summed E-state index contributed by atoms with van der Waals surface area (Å²) >= 11 is 0. The Morgan fingerprint density at radius 3 is 2.47 bits per heavy atom. The fourth-order valence-corrected chi connectivity index (χ4v) is 1.82. The summed E-state index contributed by atoms with van der Waals surface area (Å²) in [7, 11) is 2.06. The summed E-state index contributed by atoms with van der Waals surface area (Å²) in [6.45, 7) is 6.23. The van der Waals surface area contributed by atoms with Gasteiger partial charge < -0.3 is 4.90 Å². The summed E-state index contributed by atoms with van der Waals surface area (Å²) in [4.78, 5) is 2.18. The Balaban J connectivity index is 2.53. The van der Waals surface area contributed by atoms with Crippen molar-refractivity contribution in [2.75, 3.05) is 13.6 Å². The number of hydrogen-bond acceptors (Lipinski definition) is 2. The predicted octanol–water partition coefficient (Wildman–Crippen LogP) is 3.55. The third kappa shape index (κ3) is 4.58. The van der Waals surface area contributed by atoms with Crippen molar-refractivity contribution >= 4 is 0 Å². The molecule has 0 amide bonds. The van der Waals surface area contributed by atoms with Crippen LogP contribution in [-0.4, -0.2) is 18.5 Å². The van der Waals surface area contributed by atoms with Gasteiger partial charge in [0.2, 0.25) is 0 Å². The van der Waals surface area contributed by atoms with Crippen molar-refractivity contribution in [1.82, 2.24) is 4.90 Å². The van der Waals surface area contributed by atoms with E-state index in [9.17, 15) is 0 Å². The van der Waals surface area contributed by atoms with Gasteiger partial charge in [-0.25, -0.2) is 0 Å². The molecule has 1 atom stereocenters. The molecule has 0 heterocycles. The van der Waals surface area contributed by atoms with E-state index >= 15 is 0 Å². The van der Waals surface area contributed by atoms with Gasteiger partial charge in [-0.1, -0.05) is 38.1 Å². The third-order valence-electron chi connectivity index (χ3n) is 3.22. The summed E-state index contributed by atoms with van der Waals surface area (Å²) in [6, 6.07) is 11.0. The molecule has 0 saturated heterocycles. The van der Waals surface area contributed by atoms with Crippen LogP contribution in [0.2, 0.25) is 0 Å². The third-order valence-corrected chi connectivity index (χ3v) is 3.22. The van der Waals surface area contributed by atoms with Gasteiger partial charge in [0, 0.05) is 19.5 Å². The van der Waals surface area contributed by atoms with Gasteiger partial charge in [-0.2, -0.15) is 5.26 Å². The van der Waals surface area contributed by atoms with Crippen LogP contribution in [0.25, 0.3) is 0 Å². The molecule has 17 heavy (non-hydrogen) atoms. The molecule has 0 bridgehead atoms. The van der Waals surface area contributed by atoms with Crippen LogP contribution in [0, 0.1) is 11.3 Å². The summed E-state index contributed by atoms with van der Waals surface area (Å²) in [5.74, 6) is 0.639. The van der Waals surface area contributed by atoms with Crippen LogP contribution in [0.1, 0.15) is 43.7 Å². The highest BCUT2D eigenvalue weighted by Crippen LogP contribution is 2.19. The lowest BCUT2D eigenvalue weighted by Crippen LogP contribution is -2.18. The van der Waals surface area contributed by atoms with Gasteiger partial charge in [0.25, 0.3) is 0 Å². The Morgan fingerprint density at radius 2 is 1.94 bits per heavy atom. The van der Waals surface area contributed by atoms with Crippen LogP contribution < -0.4 is 0 Å². The van der Waals surface area contributed by atoms with Crippen molar-refractivity contribution in [1.29, 1.82) is 5.26 Å². The molecule has 0 spiro atoms. The summed E-state index contributed by atoms with van der Waals surface area (Å²) in [5, 5.41) is 8.53. The maximum absolute atomic E-state index is 8.53. The first-order valence-electron chi connectivity index (χ1n) is 6.31. The van der Waals surface area contributed by atoms with E-state index in [0.717, 1.165) is 13.1 Å². The largest absolute Gasteiger partial charge is 0.301 e. The Kier molecular flexibility index (Phi) is 5.72. The second kappa shape index (κ2) is 7.09. The molecular weight excluding hydrogens is 208 g/mol. The first-order chi connectivity index (χ1) is 8.17. The highest BCUT2D eigenvalue weighted by molar-refractivity contribution is 5.24. The molecule has 0 aliphatic heterocycles. The highest BCUT2D eigenvalue weighted by Gasteiger charge is 2.03. The van der Waals surface area contributed by atoms with Gasteiger partial charge in [0.1, 0.15) is 0 Å². The van der Waals surface area contributed by atoms with Crippen molar-refractivity contribution in [3.63, 3.8) is 0 Å². The topological polar surface area (TPSA) is 27.0 Å². The summed E-state index contributed by atoms with van der Waals surface area (Å²) in [6.07, 6.45) is 1.78. The minimum atomic E-state index is 0.599. The molecule has 1 aromatic carbocycles. The van der Waals surface area contributed by atoms with Gasteiger partial charge in [0.15, 0.2) is 0 Å². The van der Waals surface area contributed by atoms with Crippen LogP contribution in [-0.2, 0) is 6.54 Å². The minimum Gasteiger partial charge on any atom is -0.301 e. The number of benzene rings is 1. The van der Waals surface area contributed by atoms with Gasteiger partial charge >= 0.3 is 0 Å². The Labute approximate surface area is 105 Å². The lowest BCUT2D eigenvalue weighted by atomic mass is 9.97. The molecule has 0 saturated carbocycles. The molecule has 1 unspecified atom stereocenters. The van der Waals surface area contributed by atoms with E-state index in [1.165, 1.54) is 17.5 Å².